The van der Waals surface area contributed by atoms with Gasteiger partial charge < -0.3 is 16.3 Å². The third-order valence-corrected chi connectivity index (χ3v) is 2.46. The Morgan fingerprint density at radius 2 is 2.15 bits per heavy atom. The number of benzene rings is 1. The summed E-state index contributed by atoms with van der Waals surface area (Å²) in [5.74, 6) is -1.36. The highest BCUT2D eigenvalue weighted by atomic mass is 19.1. The first-order valence-corrected chi connectivity index (χ1v) is 5.47. The Bertz CT molecular complexity index is 660. The van der Waals surface area contributed by atoms with Gasteiger partial charge in [-0.1, -0.05) is 5.16 Å². The Hall–Kier alpha value is -3.03. The Kier molecular flexibility index (Phi) is 3.85. The molecule has 0 atom stereocenters. The van der Waals surface area contributed by atoms with E-state index in [1.165, 1.54) is 24.5 Å². The monoisotopic (exact) mass is 275 g/mol. The van der Waals surface area contributed by atoms with Crippen LogP contribution in [0.4, 0.5) is 10.1 Å². The molecule has 1 amide bonds. The van der Waals surface area contributed by atoms with Crippen molar-refractivity contribution in [2.75, 3.05) is 5.32 Å². The predicted octanol–water partition coefficient (Wildman–Crippen LogP) is 0.963. The number of oxime groups is 1. The minimum atomic E-state index is -0.574. The number of hydrogen-bond acceptors (Lipinski definition) is 5. The summed E-state index contributed by atoms with van der Waals surface area (Å²) in [7, 11) is 0. The number of amidine groups is 1. The summed E-state index contributed by atoms with van der Waals surface area (Å²) in [6, 6.07) is 4.98. The third-order valence-electron chi connectivity index (χ3n) is 2.46. The van der Waals surface area contributed by atoms with Crippen LogP contribution < -0.4 is 11.1 Å². The van der Waals surface area contributed by atoms with Gasteiger partial charge in [0.05, 0.1) is 23.6 Å². The second-order valence-electron chi connectivity index (χ2n) is 3.76. The molecule has 1 aromatic carbocycles. The van der Waals surface area contributed by atoms with E-state index in [0.29, 0.717) is 0 Å². The van der Waals surface area contributed by atoms with E-state index in [2.05, 4.69) is 20.7 Å². The Morgan fingerprint density at radius 3 is 2.80 bits per heavy atom. The van der Waals surface area contributed by atoms with Crippen LogP contribution in [0.5, 0.6) is 0 Å². The molecule has 7 nitrogen and oxygen atoms in total. The van der Waals surface area contributed by atoms with Gasteiger partial charge in [0.25, 0.3) is 5.91 Å². The first-order valence-electron chi connectivity index (χ1n) is 5.47. The van der Waals surface area contributed by atoms with Crippen molar-refractivity contribution in [3.63, 3.8) is 0 Å². The standard InChI is InChI=1S/C12H10FN5O2/c13-8-1-2-10(9(5-8)11(14)18-20)17-12(19)7-3-4-15-16-6-7/h1-6,20H,(H2,14,18)(H,17,19). The lowest BCUT2D eigenvalue weighted by Gasteiger charge is -2.10. The number of rotatable bonds is 3. The van der Waals surface area contributed by atoms with Gasteiger partial charge in [-0.2, -0.15) is 10.2 Å². The molecule has 0 radical (unpaired) electrons. The topological polar surface area (TPSA) is 113 Å². The van der Waals surface area contributed by atoms with Gasteiger partial charge in [0.15, 0.2) is 5.84 Å². The molecule has 2 aromatic rings. The lowest BCUT2D eigenvalue weighted by Crippen LogP contribution is -2.19. The molecule has 0 fully saturated rings. The van der Waals surface area contributed by atoms with Crippen LogP contribution in [-0.4, -0.2) is 27.1 Å². The van der Waals surface area contributed by atoms with E-state index in [0.717, 1.165) is 12.1 Å². The number of carbonyl (C=O) groups excluding carboxylic acids is 1. The maximum atomic E-state index is 13.2. The number of aromatic nitrogens is 2. The normalized spacial score (nSPS) is 11.2. The summed E-state index contributed by atoms with van der Waals surface area (Å²) in [4.78, 5) is 11.9. The molecule has 0 spiro atoms. The molecule has 0 saturated heterocycles. The summed E-state index contributed by atoms with van der Waals surface area (Å²) in [6.45, 7) is 0. The van der Waals surface area contributed by atoms with Crippen molar-refractivity contribution < 1.29 is 14.4 Å². The maximum Gasteiger partial charge on any atom is 0.257 e. The van der Waals surface area contributed by atoms with Gasteiger partial charge in [-0.25, -0.2) is 4.39 Å². The maximum absolute atomic E-state index is 13.2. The van der Waals surface area contributed by atoms with E-state index in [1.807, 2.05) is 0 Å². The van der Waals surface area contributed by atoms with E-state index >= 15 is 0 Å². The number of nitrogens with two attached hydrogens (primary N) is 1. The van der Waals surface area contributed by atoms with Crippen LogP contribution in [0.2, 0.25) is 0 Å². The smallest absolute Gasteiger partial charge is 0.257 e. The van der Waals surface area contributed by atoms with Crippen molar-refractivity contribution in [2.24, 2.45) is 10.9 Å². The number of nitrogens with zero attached hydrogens (tertiary/aromatic N) is 3. The van der Waals surface area contributed by atoms with E-state index in [4.69, 9.17) is 10.9 Å². The molecule has 20 heavy (non-hydrogen) atoms. The third kappa shape index (κ3) is 2.86. The van der Waals surface area contributed by atoms with Crippen LogP contribution in [0.25, 0.3) is 0 Å². The highest BCUT2D eigenvalue weighted by molar-refractivity contribution is 6.09. The fraction of sp³-hybridized carbons (Fsp3) is 0. The fourth-order valence-corrected chi connectivity index (χ4v) is 1.51. The van der Waals surface area contributed by atoms with Crippen molar-refractivity contribution in [1.29, 1.82) is 0 Å². The van der Waals surface area contributed by atoms with Gasteiger partial charge in [-0.05, 0) is 24.3 Å². The van der Waals surface area contributed by atoms with E-state index in [9.17, 15) is 9.18 Å². The van der Waals surface area contributed by atoms with E-state index < -0.39 is 11.7 Å². The van der Waals surface area contributed by atoms with Crippen LogP contribution in [-0.2, 0) is 0 Å². The summed E-state index contributed by atoms with van der Waals surface area (Å²) in [6.07, 6.45) is 2.64. The number of hydrogen-bond donors (Lipinski definition) is 3. The molecular weight excluding hydrogens is 265 g/mol. The zero-order valence-corrected chi connectivity index (χ0v) is 10.1. The van der Waals surface area contributed by atoms with Gasteiger partial charge in [-0.3, -0.25) is 4.79 Å². The van der Waals surface area contributed by atoms with E-state index in [1.54, 1.807) is 0 Å². The van der Waals surface area contributed by atoms with E-state index in [-0.39, 0.29) is 22.6 Å². The largest absolute Gasteiger partial charge is 0.409 e. The fourth-order valence-electron chi connectivity index (χ4n) is 1.51. The predicted molar refractivity (Wildman–Crippen MR) is 68.9 cm³/mol. The summed E-state index contributed by atoms with van der Waals surface area (Å²) in [5.41, 5.74) is 5.99. The molecule has 0 bridgehead atoms. The zero-order valence-electron chi connectivity index (χ0n) is 10.1. The van der Waals surface area contributed by atoms with Gasteiger partial charge >= 0.3 is 0 Å². The van der Waals surface area contributed by atoms with Crippen LogP contribution in [0.1, 0.15) is 15.9 Å². The SMILES string of the molecule is N/C(=N/O)c1cc(F)ccc1NC(=O)c1ccnnc1. The zero-order chi connectivity index (χ0) is 14.5. The van der Waals surface area contributed by atoms with Gasteiger partial charge in [0, 0.05) is 5.56 Å². The minimum absolute atomic E-state index is 0.0721. The molecule has 2 rings (SSSR count). The molecule has 102 valence electrons. The number of amides is 1. The molecule has 1 aromatic heterocycles. The Balaban J connectivity index is 2.32. The highest BCUT2D eigenvalue weighted by Crippen LogP contribution is 2.17. The van der Waals surface area contributed by atoms with Gasteiger partial charge in [0.2, 0.25) is 0 Å². The molecule has 0 saturated carbocycles. The Labute approximate surface area is 112 Å². The first-order chi connectivity index (χ1) is 9.61. The van der Waals surface area contributed by atoms with Gasteiger partial charge in [0.1, 0.15) is 5.82 Å². The quantitative estimate of drug-likeness (QED) is 0.334. The average Bonchev–Trinajstić information content (AvgIpc) is 2.49. The molecule has 0 unspecified atom stereocenters. The van der Waals surface area contributed by atoms with Crippen molar-refractivity contribution >= 4 is 17.4 Å². The number of anilines is 1. The second kappa shape index (κ2) is 5.74. The summed E-state index contributed by atoms with van der Waals surface area (Å²) < 4.78 is 13.2. The first kappa shape index (κ1) is 13.4. The Morgan fingerprint density at radius 1 is 1.35 bits per heavy atom. The molecule has 1 heterocycles. The highest BCUT2D eigenvalue weighted by Gasteiger charge is 2.13. The second-order valence-corrected chi connectivity index (χ2v) is 3.76. The molecule has 0 aliphatic heterocycles. The van der Waals surface area contributed by atoms with Crippen LogP contribution in [0, 0.1) is 5.82 Å². The van der Waals surface area contributed by atoms with Crippen molar-refractivity contribution in [1.82, 2.24) is 10.2 Å². The van der Waals surface area contributed by atoms with Gasteiger partial charge in [-0.15, -0.1) is 0 Å². The molecule has 0 aliphatic carbocycles. The van der Waals surface area contributed by atoms with Crippen molar-refractivity contribution in [3.8, 4) is 0 Å². The summed E-state index contributed by atoms with van der Waals surface area (Å²) in [5, 5.41) is 21.1. The molecule has 8 heteroatoms. The average molecular weight is 275 g/mol. The van der Waals surface area contributed by atoms with Crippen LogP contribution in [0.3, 0.4) is 0 Å². The number of carbonyl (C=O) groups is 1. The minimum Gasteiger partial charge on any atom is -0.409 e. The van der Waals surface area contributed by atoms with Crippen LogP contribution >= 0.6 is 0 Å². The molecule has 0 aliphatic rings. The van der Waals surface area contributed by atoms with Crippen LogP contribution in [0.15, 0.2) is 41.8 Å². The molecular formula is C12H10FN5O2. The summed E-state index contributed by atoms with van der Waals surface area (Å²) >= 11 is 0. The molecule has 4 N–H and O–H groups in total. The van der Waals surface area contributed by atoms with Crippen molar-refractivity contribution in [2.45, 2.75) is 0 Å². The lowest BCUT2D eigenvalue weighted by atomic mass is 10.1. The number of nitrogens with one attached hydrogen (secondary N) is 1. The lowest BCUT2D eigenvalue weighted by molar-refractivity contribution is 0.102. The number of halogens is 1. The van der Waals surface area contributed by atoms with Crippen molar-refractivity contribution in [3.05, 3.63) is 53.6 Å².